The second-order valence-electron chi connectivity index (χ2n) is 5.61. The third-order valence-electron chi connectivity index (χ3n) is 3.57. The lowest BCUT2D eigenvalue weighted by Gasteiger charge is -2.12. The summed E-state index contributed by atoms with van der Waals surface area (Å²) in [6.45, 7) is 8.23. The Bertz CT molecular complexity index is 735. The maximum Gasteiger partial charge on any atom is 0.191 e. The summed E-state index contributed by atoms with van der Waals surface area (Å²) >= 11 is 1.70. The molecule has 0 bridgehead atoms. The molecular weight excluding hydrogens is 485 g/mol. The van der Waals surface area contributed by atoms with E-state index in [1.165, 1.54) is 10.9 Å². The SMILES string of the molecule is CCNC(=NCCc1nc(C)c(C)s1)NCCOc1ccc(F)c(F)c1.I. The van der Waals surface area contributed by atoms with Gasteiger partial charge in [0.15, 0.2) is 17.6 Å². The summed E-state index contributed by atoms with van der Waals surface area (Å²) in [5, 5.41) is 7.39. The van der Waals surface area contributed by atoms with Crippen LogP contribution in [0.15, 0.2) is 23.2 Å². The smallest absolute Gasteiger partial charge is 0.191 e. The minimum absolute atomic E-state index is 0. The van der Waals surface area contributed by atoms with E-state index in [1.54, 1.807) is 11.3 Å². The first-order valence-corrected chi connectivity index (χ1v) is 9.34. The molecule has 0 aliphatic heterocycles. The number of ether oxygens (including phenoxy) is 1. The van der Waals surface area contributed by atoms with Gasteiger partial charge in [0.1, 0.15) is 12.4 Å². The van der Waals surface area contributed by atoms with Gasteiger partial charge in [0.05, 0.1) is 17.2 Å². The molecule has 2 aromatic rings. The molecule has 0 aliphatic carbocycles. The average molecular weight is 510 g/mol. The number of aryl methyl sites for hydroxylation is 2. The molecule has 0 radical (unpaired) electrons. The highest BCUT2D eigenvalue weighted by atomic mass is 127. The fourth-order valence-corrected chi connectivity index (χ4v) is 3.08. The highest BCUT2D eigenvalue weighted by molar-refractivity contribution is 14.0. The number of benzene rings is 1. The molecule has 0 spiro atoms. The van der Waals surface area contributed by atoms with E-state index >= 15 is 0 Å². The summed E-state index contributed by atoms with van der Waals surface area (Å²) in [4.78, 5) is 10.3. The minimum atomic E-state index is -0.918. The first-order valence-electron chi connectivity index (χ1n) is 8.52. The molecule has 2 N–H and O–H groups in total. The van der Waals surface area contributed by atoms with Gasteiger partial charge in [0.25, 0.3) is 0 Å². The van der Waals surface area contributed by atoms with E-state index in [9.17, 15) is 8.78 Å². The third-order valence-corrected chi connectivity index (χ3v) is 4.70. The van der Waals surface area contributed by atoms with Crippen LogP contribution < -0.4 is 15.4 Å². The van der Waals surface area contributed by atoms with Crippen molar-refractivity contribution in [2.45, 2.75) is 27.2 Å². The molecule has 0 atom stereocenters. The maximum absolute atomic E-state index is 13.1. The summed E-state index contributed by atoms with van der Waals surface area (Å²) in [5.74, 6) is -0.825. The summed E-state index contributed by atoms with van der Waals surface area (Å²) in [5.41, 5.74) is 1.08. The van der Waals surface area contributed by atoms with Gasteiger partial charge < -0.3 is 15.4 Å². The van der Waals surface area contributed by atoms with E-state index in [2.05, 4.69) is 27.5 Å². The van der Waals surface area contributed by atoms with Crippen molar-refractivity contribution in [2.75, 3.05) is 26.2 Å². The molecule has 0 saturated carbocycles. The molecule has 150 valence electrons. The molecule has 27 heavy (non-hydrogen) atoms. The van der Waals surface area contributed by atoms with Gasteiger partial charge >= 0.3 is 0 Å². The Kier molecular flexibility index (Phi) is 10.5. The van der Waals surface area contributed by atoms with Crippen LogP contribution in [0.3, 0.4) is 0 Å². The Labute approximate surface area is 179 Å². The normalized spacial score (nSPS) is 11.1. The van der Waals surface area contributed by atoms with Crippen LogP contribution in [0, 0.1) is 25.5 Å². The summed E-state index contributed by atoms with van der Waals surface area (Å²) < 4.78 is 31.4. The Morgan fingerprint density at radius 3 is 2.63 bits per heavy atom. The van der Waals surface area contributed by atoms with Gasteiger partial charge in [0.2, 0.25) is 0 Å². The zero-order chi connectivity index (χ0) is 18.9. The predicted molar refractivity (Wildman–Crippen MR) is 117 cm³/mol. The van der Waals surface area contributed by atoms with Gasteiger partial charge in [-0.2, -0.15) is 0 Å². The molecule has 1 heterocycles. The number of hydrogen-bond acceptors (Lipinski definition) is 4. The van der Waals surface area contributed by atoms with Crippen molar-refractivity contribution in [3.05, 3.63) is 45.4 Å². The van der Waals surface area contributed by atoms with Gasteiger partial charge in [-0.25, -0.2) is 13.8 Å². The van der Waals surface area contributed by atoms with E-state index in [0.717, 1.165) is 35.8 Å². The van der Waals surface area contributed by atoms with Crippen molar-refractivity contribution >= 4 is 41.3 Å². The lowest BCUT2D eigenvalue weighted by Crippen LogP contribution is -2.39. The van der Waals surface area contributed by atoms with Gasteiger partial charge in [-0.05, 0) is 32.9 Å². The molecule has 0 unspecified atom stereocenters. The van der Waals surface area contributed by atoms with Gasteiger partial charge in [-0.1, -0.05) is 0 Å². The number of rotatable bonds is 8. The molecule has 5 nitrogen and oxygen atoms in total. The van der Waals surface area contributed by atoms with E-state index in [1.807, 2.05) is 13.8 Å². The fourth-order valence-electron chi connectivity index (χ4n) is 2.16. The van der Waals surface area contributed by atoms with Crippen molar-refractivity contribution in [3.63, 3.8) is 0 Å². The molecule has 2 rings (SSSR count). The predicted octanol–water partition coefficient (Wildman–Crippen LogP) is 3.83. The fraction of sp³-hybridized carbons (Fsp3) is 0.444. The molecule has 1 aromatic carbocycles. The first-order chi connectivity index (χ1) is 12.5. The Morgan fingerprint density at radius 2 is 2.00 bits per heavy atom. The Hall–Kier alpha value is -1.49. The van der Waals surface area contributed by atoms with Crippen molar-refractivity contribution < 1.29 is 13.5 Å². The van der Waals surface area contributed by atoms with Crippen LogP contribution in [0.1, 0.15) is 22.5 Å². The number of nitrogens with zero attached hydrogens (tertiary/aromatic N) is 2. The molecule has 0 amide bonds. The van der Waals surface area contributed by atoms with E-state index in [4.69, 9.17) is 4.74 Å². The van der Waals surface area contributed by atoms with Crippen LogP contribution in [0.4, 0.5) is 8.78 Å². The number of aromatic nitrogens is 1. The standard InChI is InChI=1S/C18H24F2N4OS.HI/c1-4-21-18(22-8-7-17-24-12(2)13(3)26-17)23-9-10-25-14-5-6-15(19)16(20)11-14;/h5-6,11H,4,7-10H2,1-3H3,(H2,21,22,23);1H. The monoisotopic (exact) mass is 510 g/mol. The zero-order valence-electron chi connectivity index (χ0n) is 15.6. The molecule has 0 saturated heterocycles. The Morgan fingerprint density at radius 1 is 1.22 bits per heavy atom. The molecule has 0 aliphatic rings. The van der Waals surface area contributed by atoms with Crippen LogP contribution in [0.25, 0.3) is 0 Å². The maximum atomic E-state index is 13.1. The van der Waals surface area contributed by atoms with E-state index < -0.39 is 11.6 Å². The van der Waals surface area contributed by atoms with Gasteiger partial charge in [-0.3, -0.25) is 4.99 Å². The van der Waals surface area contributed by atoms with Gasteiger partial charge in [-0.15, -0.1) is 35.3 Å². The summed E-state index contributed by atoms with van der Waals surface area (Å²) in [6, 6.07) is 3.48. The van der Waals surface area contributed by atoms with Crippen molar-refractivity contribution in [1.29, 1.82) is 0 Å². The molecule has 9 heteroatoms. The van der Waals surface area contributed by atoms with Crippen molar-refractivity contribution in [2.24, 2.45) is 4.99 Å². The first kappa shape index (κ1) is 23.5. The van der Waals surface area contributed by atoms with Crippen LogP contribution in [-0.2, 0) is 6.42 Å². The second kappa shape index (κ2) is 12.1. The number of aliphatic imine (C=N–C) groups is 1. The van der Waals surface area contributed by atoms with Crippen LogP contribution in [0.2, 0.25) is 0 Å². The number of nitrogens with one attached hydrogen (secondary N) is 2. The molecular formula is C18H25F2IN4OS. The summed E-state index contributed by atoms with van der Waals surface area (Å²) in [7, 11) is 0. The third kappa shape index (κ3) is 7.96. The highest BCUT2D eigenvalue weighted by Gasteiger charge is 2.05. The quantitative estimate of drug-likeness (QED) is 0.245. The van der Waals surface area contributed by atoms with Crippen molar-refractivity contribution in [3.8, 4) is 5.75 Å². The largest absolute Gasteiger partial charge is 0.492 e. The Balaban J connectivity index is 0.00000364. The zero-order valence-corrected chi connectivity index (χ0v) is 18.8. The number of halogens is 3. The lowest BCUT2D eigenvalue weighted by atomic mass is 10.3. The second-order valence-corrected chi connectivity index (χ2v) is 6.90. The van der Waals surface area contributed by atoms with Crippen LogP contribution >= 0.6 is 35.3 Å². The highest BCUT2D eigenvalue weighted by Crippen LogP contribution is 2.17. The average Bonchev–Trinajstić information content (AvgIpc) is 2.92. The lowest BCUT2D eigenvalue weighted by molar-refractivity contribution is 0.318. The molecule has 0 fully saturated rings. The van der Waals surface area contributed by atoms with Gasteiger partial charge in [0, 0.05) is 30.5 Å². The van der Waals surface area contributed by atoms with E-state index in [0.29, 0.717) is 31.4 Å². The summed E-state index contributed by atoms with van der Waals surface area (Å²) in [6.07, 6.45) is 0.793. The number of thiazole rings is 1. The minimum Gasteiger partial charge on any atom is -0.492 e. The number of guanidine groups is 1. The van der Waals surface area contributed by atoms with Crippen LogP contribution in [-0.4, -0.2) is 37.2 Å². The van der Waals surface area contributed by atoms with Crippen LogP contribution in [0.5, 0.6) is 5.75 Å². The topological polar surface area (TPSA) is 58.5 Å². The molecule has 1 aromatic heterocycles. The number of hydrogen-bond donors (Lipinski definition) is 2. The van der Waals surface area contributed by atoms with Crippen molar-refractivity contribution in [1.82, 2.24) is 15.6 Å². The van der Waals surface area contributed by atoms with E-state index in [-0.39, 0.29) is 24.0 Å².